The molecule has 1 atom stereocenters. The molecule has 1 fully saturated rings. The third kappa shape index (κ3) is 4.07. The first-order valence-corrected chi connectivity index (χ1v) is 10.8. The summed E-state index contributed by atoms with van der Waals surface area (Å²) < 4.78 is 29.2. The molecule has 0 unspecified atom stereocenters. The lowest BCUT2D eigenvalue weighted by atomic mass is 9.85. The van der Waals surface area contributed by atoms with E-state index in [0.29, 0.717) is 37.4 Å². The van der Waals surface area contributed by atoms with Crippen molar-refractivity contribution in [2.24, 2.45) is 5.41 Å². The minimum absolute atomic E-state index is 0.0824. The van der Waals surface area contributed by atoms with Crippen LogP contribution in [0.25, 0.3) is 11.4 Å². The van der Waals surface area contributed by atoms with E-state index in [0.717, 1.165) is 37.1 Å². The molecule has 0 radical (unpaired) electrons. The number of hydrogen-bond donors (Lipinski definition) is 1. The number of carbonyl (C=O) groups is 2. The predicted molar refractivity (Wildman–Crippen MR) is 112 cm³/mol. The van der Waals surface area contributed by atoms with Gasteiger partial charge < -0.3 is 14.8 Å². The van der Waals surface area contributed by atoms with Crippen LogP contribution in [0.3, 0.4) is 0 Å². The number of halogens is 2. The van der Waals surface area contributed by atoms with E-state index in [1.165, 1.54) is 6.07 Å². The molecule has 0 bridgehead atoms. The normalized spacial score (nSPS) is 17.0. The second-order valence-corrected chi connectivity index (χ2v) is 9.42. The van der Waals surface area contributed by atoms with Gasteiger partial charge in [0, 0.05) is 25.2 Å². The zero-order valence-corrected chi connectivity index (χ0v) is 18.2. The molecule has 0 aliphatic carbocycles. The number of carbonyl (C=O) groups excluding carboxylic acids is 2. The van der Waals surface area contributed by atoms with Crippen molar-refractivity contribution < 1.29 is 18.4 Å². The van der Waals surface area contributed by atoms with E-state index in [1.807, 2.05) is 25.3 Å². The largest absolute Gasteiger partial charge is 0.341 e. The SMILES string of the molecule is CC(C)(C)[C@H](NC(=O)c1nc(-c2ccc(F)c(F)c2)n2c1CCCC2)C(=O)N1CCC1. The van der Waals surface area contributed by atoms with Crippen LogP contribution >= 0.6 is 0 Å². The summed E-state index contributed by atoms with van der Waals surface area (Å²) in [4.78, 5) is 32.5. The van der Waals surface area contributed by atoms with E-state index in [9.17, 15) is 18.4 Å². The van der Waals surface area contributed by atoms with Gasteiger partial charge in [0.2, 0.25) is 5.91 Å². The average Bonchev–Trinajstić information content (AvgIpc) is 3.05. The third-order valence-corrected chi connectivity index (χ3v) is 6.07. The first kappa shape index (κ1) is 21.5. The maximum atomic E-state index is 13.8. The van der Waals surface area contributed by atoms with Gasteiger partial charge in [-0.25, -0.2) is 13.8 Å². The Morgan fingerprint density at radius 1 is 1.06 bits per heavy atom. The summed E-state index contributed by atoms with van der Waals surface area (Å²) in [6.07, 6.45) is 3.47. The molecule has 0 saturated carbocycles. The van der Waals surface area contributed by atoms with Crippen molar-refractivity contribution in [1.82, 2.24) is 19.8 Å². The van der Waals surface area contributed by atoms with Crippen LogP contribution in [0.15, 0.2) is 18.2 Å². The standard InChI is InChI=1S/C23H28F2N4O2/c1-23(2,3)19(22(31)28-10-6-11-28)27-21(30)18-17-7-4-5-12-29(17)20(26-18)14-8-9-15(24)16(25)13-14/h8-9,13,19H,4-7,10-12H2,1-3H3,(H,27,30)/t19-/m1/s1. The van der Waals surface area contributed by atoms with E-state index >= 15 is 0 Å². The molecule has 1 aromatic carbocycles. The van der Waals surface area contributed by atoms with E-state index in [-0.39, 0.29) is 11.6 Å². The fraction of sp³-hybridized carbons (Fsp3) is 0.522. The summed E-state index contributed by atoms with van der Waals surface area (Å²) in [5.41, 5.74) is 0.980. The van der Waals surface area contributed by atoms with Crippen LogP contribution in [-0.2, 0) is 17.8 Å². The Morgan fingerprint density at radius 2 is 1.81 bits per heavy atom. The van der Waals surface area contributed by atoms with Gasteiger partial charge in [-0.15, -0.1) is 0 Å². The van der Waals surface area contributed by atoms with Crippen molar-refractivity contribution in [2.75, 3.05) is 13.1 Å². The number of benzene rings is 1. The maximum Gasteiger partial charge on any atom is 0.272 e. The number of fused-ring (bicyclic) bond motifs is 1. The Morgan fingerprint density at radius 3 is 2.42 bits per heavy atom. The number of aromatic nitrogens is 2. The molecule has 4 rings (SSSR count). The molecule has 2 aliphatic heterocycles. The lowest BCUT2D eigenvalue weighted by Gasteiger charge is -2.38. The fourth-order valence-corrected chi connectivity index (χ4v) is 4.15. The van der Waals surface area contributed by atoms with Crippen molar-refractivity contribution in [3.05, 3.63) is 41.2 Å². The number of rotatable bonds is 4. The summed E-state index contributed by atoms with van der Waals surface area (Å²) in [6, 6.07) is 2.96. The van der Waals surface area contributed by atoms with Crippen LogP contribution in [-0.4, -0.2) is 45.4 Å². The highest BCUT2D eigenvalue weighted by Gasteiger charge is 2.38. The number of amides is 2. The van der Waals surface area contributed by atoms with Gasteiger partial charge in [0.25, 0.3) is 5.91 Å². The number of nitrogens with zero attached hydrogens (tertiary/aromatic N) is 3. The zero-order valence-electron chi connectivity index (χ0n) is 18.2. The highest BCUT2D eigenvalue weighted by Crippen LogP contribution is 2.29. The first-order valence-electron chi connectivity index (χ1n) is 10.8. The molecule has 1 aromatic heterocycles. The van der Waals surface area contributed by atoms with Crippen LogP contribution in [0.2, 0.25) is 0 Å². The van der Waals surface area contributed by atoms with Crippen molar-refractivity contribution in [2.45, 2.75) is 59.0 Å². The van der Waals surface area contributed by atoms with Gasteiger partial charge in [-0.05, 0) is 49.3 Å². The van der Waals surface area contributed by atoms with Gasteiger partial charge in [0.05, 0.1) is 5.69 Å². The Kier molecular flexibility index (Phi) is 5.58. The predicted octanol–water partition coefficient (Wildman–Crippen LogP) is 3.54. The molecule has 3 heterocycles. The minimum Gasteiger partial charge on any atom is -0.341 e. The maximum absolute atomic E-state index is 13.8. The lowest BCUT2D eigenvalue weighted by Crippen LogP contribution is -2.57. The molecule has 6 nitrogen and oxygen atoms in total. The third-order valence-electron chi connectivity index (χ3n) is 6.07. The Balaban J connectivity index is 1.68. The molecular formula is C23H28F2N4O2. The Hall–Kier alpha value is -2.77. The number of imidazole rings is 1. The average molecular weight is 430 g/mol. The highest BCUT2D eigenvalue weighted by atomic mass is 19.2. The second-order valence-electron chi connectivity index (χ2n) is 9.42. The molecule has 166 valence electrons. The number of hydrogen-bond acceptors (Lipinski definition) is 3. The number of nitrogens with one attached hydrogen (secondary N) is 1. The molecule has 1 N–H and O–H groups in total. The summed E-state index contributed by atoms with van der Waals surface area (Å²) in [5.74, 6) is -1.93. The molecule has 31 heavy (non-hydrogen) atoms. The van der Waals surface area contributed by atoms with E-state index < -0.39 is 29.0 Å². The number of likely N-dealkylation sites (tertiary alicyclic amines) is 1. The monoisotopic (exact) mass is 430 g/mol. The van der Waals surface area contributed by atoms with Crippen LogP contribution in [0.5, 0.6) is 0 Å². The smallest absolute Gasteiger partial charge is 0.272 e. The summed E-state index contributed by atoms with van der Waals surface area (Å²) >= 11 is 0. The van der Waals surface area contributed by atoms with Gasteiger partial charge in [0.1, 0.15) is 17.6 Å². The van der Waals surface area contributed by atoms with Gasteiger partial charge in [0.15, 0.2) is 11.6 Å². The second kappa shape index (κ2) is 8.05. The van der Waals surface area contributed by atoms with Gasteiger partial charge in [-0.1, -0.05) is 20.8 Å². The topological polar surface area (TPSA) is 67.2 Å². The van der Waals surface area contributed by atoms with Crippen molar-refractivity contribution >= 4 is 11.8 Å². The minimum atomic E-state index is -0.954. The fourth-order valence-electron chi connectivity index (χ4n) is 4.15. The lowest BCUT2D eigenvalue weighted by molar-refractivity contribution is -0.139. The molecule has 2 aromatic rings. The molecule has 2 aliphatic rings. The van der Waals surface area contributed by atoms with Crippen LogP contribution < -0.4 is 5.32 Å². The molecule has 8 heteroatoms. The van der Waals surface area contributed by atoms with Crippen LogP contribution in [0.4, 0.5) is 8.78 Å². The van der Waals surface area contributed by atoms with Crippen LogP contribution in [0.1, 0.15) is 56.2 Å². The first-order chi connectivity index (χ1) is 14.7. The molecular weight excluding hydrogens is 402 g/mol. The van der Waals surface area contributed by atoms with Crippen molar-refractivity contribution in [3.8, 4) is 11.4 Å². The van der Waals surface area contributed by atoms with E-state index in [4.69, 9.17) is 0 Å². The molecule has 0 spiro atoms. The summed E-state index contributed by atoms with van der Waals surface area (Å²) in [6.45, 7) is 7.84. The van der Waals surface area contributed by atoms with Crippen molar-refractivity contribution in [1.29, 1.82) is 0 Å². The van der Waals surface area contributed by atoms with Gasteiger partial charge >= 0.3 is 0 Å². The van der Waals surface area contributed by atoms with Crippen molar-refractivity contribution in [3.63, 3.8) is 0 Å². The summed E-state index contributed by atoms with van der Waals surface area (Å²) in [5, 5.41) is 2.92. The molecule has 2 amide bonds. The van der Waals surface area contributed by atoms with E-state index in [1.54, 1.807) is 4.90 Å². The zero-order chi connectivity index (χ0) is 22.3. The van der Waals surface area contributed by atoms with Gasteiger partial charge in [-0.3, -0.25) is 9.59 Å². The quantitative estimate of drug-likeness (QED) is 0.807. The molecule has 1 saturated heterocycles. The van der Waals surface area contributed by atoms with E-state index in [2.05, 4.69) is 10.3 Å². The highest BCUT2D eigenvalue weighted by molar-refractivity contribution is 5.98. The summed E-state index contributed by atoms with van der Waals surface area (Å²) in [7, 11) is 0. The Labute approximate surface area is 180 Å². The van der Waals surface area contributed by atoms with Gasteiger partial charge in [-0.2, -0.15) is 0 Å². The van der Waals surface area contributed by atoms with Crippen LogP contribution in [0, 0.1) is 17.0 Å². The Bertz CT molecular complexity index is 1020.